The predicted octanol–water partition coefficient (Wildman–Crippen LogP) is 20.4. The maximum atomic E-state index is 4.82. The third-order valence-electron chi connectivity index (χ3n) is 17.0. The van der Waals surface area contributed by atoms with Gasteiger partial charge in [-0.2, -0.15) is 0 Å². The molecule has 6 heterocycles. The Bertz CT molecular complexity index is 3340. The van der Waals surface area contributed by atoms with Crippen LogP contribution in [-0.4, -0.2) is 94.4 Å². The molecule has 1 aromatic carbocycles. The van der Waals surface area contributed by atoms with E-state index in [0.29, 0.717) is 6.04 Å². The summed E-state index contributed by atoms with van der Waals surface area (Å²) in [6.07, 6.45) is 26.3. The number of hydrogen-bond acceptors (Lipinski definition) is 12. The largest absolute Gasteiger partial charge is 0.288 e. The summed E-state index contributed by atoms with van der Waals surface area (Å²) in [5.41, 5.74) is 10.5. The fraction of sp³-hybridized carbons (Fsp3) is 0.481. The maximum Gasteiger partial charge on any atom is 0.0837 e. The van der Waals surface area contributed by atoms with Crippen LogP contribution in [0.2, 0.25) is 0 Å². The van der Waals surface area contributed by atoms with Crippen molar-refractivity contribution in [3.63, 3.8) is 0 Å². The molecule has 12 nitrogen and oxygen atoms in total. The van der Waals surface area contributed by atoms with Gasteiger partial charge in [0, 0.05) is 62.0 Å². The second-order valence-corrected chi connectivity index (χ2v) is 29.0. The Morgan fingerprint density at radius 1 is 0.409 bits per heavy atom. The number of nitrogens with zero attached hydrogens (tertiary/aromatic N) is 12. The monoisotopic (exact) mass is 1260 g/mol. The third kappa shape index (κ3) is 30.6. The first-order valence-corrected chi connectivity index (χ1v) is 33.5. The zero-order valence-electron chi connectivity index (χ0n) is 61.4. The molecule has 1 fully saturated rings. The molecule has 500 valence electrons. The predicted molar refractivity (Wildman–Crippen MR) is 401 cm³/mol. The van der Waals surface area contributed by atoms with Crippen LogP contribution in [0.15, 0.2) is 201 Å². The van der Waals surface area contributed by atoms with Crippen LogP contribution in [-0.2, 0) is 5.54 Å². The smallest absolute Gasteiger partial charge is 0.0837 e. The lowest BCUT2D eigenvalue weighted by atomic mass is 9.66. The van der Waals surface area contributed by atoms with Gasteiger partial charge in [-0.15, -0.1) is 0 Å². The average molecular weight is 1260 g/mol. The highest BCUT2D eigenvalue weighted by atomic mass is 14.9. The lowest BCUT2D eigenvalue weighted by molar-refractivity contribution is 0.130. The van der Waals surface area contributed by atoms with E-state index in [9.17, 15) is 0 Å². The standard InChI is InChI=1S/C16H18N2.C16H26N2.C15H24N2.C13H20N2.C12H18N2.C9H10N2/c1-13-7-9-14(10-8-13)16(2,3)18-12-15-6-4-5-11-17-15;1-6-16(7-2,8-3)15(4,5)18-13-14-11-9-10-12-17-14;1-12(13-9-7-8-10-16-13)17-15(5,6)11-14(2,3)4;1-12(2,3)13(4,5)15-10-11-8-6-7-9-14-11;1-5-12(3,4)14-10(2)11-8-6-7-9-13-11;1-2-6-10-9(3-1)7-11-8-4-5-8/h4-12H,1-3H3;9-13H,6-8H2,1-5H3;7-10H,11H2,1-6H3;6-10H,1-5H3;6-9H,5H2,1-4H3;1-3,6-8H,4-5H2. The van der Waals surface area contributed by atoms with Gasteiger partial charge in [0.1, 0.15) is 0 Å². The topological polar surface area (TPSA) is 152 Å². The SMILES string of the molecule is C(=NC1CC1)c1ccccn1.CC(=NC(C)(C)CC(C)(C)C)c1ccccn1.CC(C)(C)C(C)(C)N=Cc1ccccn1.CCC(C)(C)N=C(C)c1ccccn1.CCC(CC)(CC)C(C)(C)N=Cc1ccccn1.Cc1ccc(C(C)(C)N=Cc2ccccn2)cc1. The van der Waals surface area contributed by atoms with E-state index in [4.69, 9.17) is 9.98 Å². The minimum absolute atomic E-state index is 0.0155. The Morgan fingerprint density at radius 3 is 1.09 bits per heavy atom. The van der Waals surface area contributed by atoms with Crippen molar-refractivity contribution < 1.29 is 0 Å². The zero-order valence-corrected chi connectivity index (χ0v) is 61.4. The van der Waals surface area contributed by atoms with E-state index in [1.807, 2.05) is 154 Å². The molecule has 0 saturated heterocycles. The molecule has 0 amide bonds. The molecule has 6 aromatic heterocycles. The van der Waals surface area contributed by atoms with Gasteiger partial charge >= 0.3 is 0 Å². The highest BCUT2D eigenvalue weighted by Crippen LogP contribution is 2.44. The molecule has 12 heteroatoms. The lowest BCUT2D eigenvalue weighted by Gasteiger charge is -2.43. The summed E-state index contributed by atoms with van der Waals surface area (Å²) in [5, 5.41) is 0. The van der Waals surface area contributed by atoms with Gasteiger partial charge in [0.15, 0.2) is 0 Å². The first kappa shape index (κ1) is 79.4. The van der Waals surface area contributed by atoms with Crippen molar-refractivity contribution in [2.45, 2.75) is 238 Å². The lowest BCUT2D eigenvalue weighted by Crippen LogP contribution is -2.41. The molecule has 1 saturated carbocycles. The Balaban J connectivity index is 0.000000293. The number of benzene rings is 1. The van der Waals surface area contributed by atoms with Gasteiger partial charge < -0.3 is 0 Å². The van der Waals surface area contributed by atoms with E-state index in [2.05, 4.69) is 220 Å². The molecule has 0 spiro atoms. The molecular weight excluding hydrogens is 1140 g/mol. The Morgan fingerprint density at radius 2 is 0.763 bits per heavy atom. The highest BCUT2D eigenvalue weighted by Gasteiger charge is 2.40. The zero-order chi connectivity index (χ0) is 69.4. The van der Waals surface area contributed by atoms with Gasteiger partial charge in [0.2, 0.25) is 0 Å². The first-order valence-electron chi connectivity index (χ1n) is 33.5. The Hall–Kier alpha value is -7.86. The number of hydrogen-bond donors (Lipinski definition) is 0. The van der Waals surface area contributed by atoms with Crippen molar-refractivity contribution >= 4 is 36.3 Å². The molecule has 0 aliphatic heterocycles. The molecule has 93 heavy (non-hydrogen) atoms. The summed E-state index contributed by atoms with van der Waals surface area (Å²) >= 11 is 0. The number of pyridine rings is 6. The van der Waals surface area contributed by atoms with Crippen LogP contribution >= 0.6 is 0 Å². The van der Waals surface area contributed by atoms with Crippen LogP contribution in [0.1, 0.15) is 243 Å². The molecule has 8 rings (SSSR count). The van der Waals surface area contributed by atoms with E-state index in [1.165, 1.54) is 24.0 Å². The number of aromatic nitrogens is 6. The summed E-state index contributed by atoms with van der Waals surface area (Å²) < 4.78 is 0. The van der Waals surface area contributed by atoms with E-state index in [1.54, 1.807) is 31.0 Å². The molecule has 0 atom stereocenters. The van der Waals surface area contributed by atoms with Crippen molar-refractivity contribution in [1.82, 2.24) is 29.9 Å². The van der Waals surface area contributed by atoms with Gasteiger partial charge in [0.05, 0.1) is 79.3 Å². The van der Waals surface area contributed by atoms with Crippen LogP contribution in [0.3, 0.4) is 0 Å². The van der Waals surface area contributed by atoms with Crippen molar-refractivity contribution in [3.8, 4) is 0 Å². The van der Waals surface area contributed by atoms with Gasteiger partial charge in [0.25, 0.3) is 0 Å². The van der Waals surface area contributed by atoms with Crippen LogP contribution in [0.5, 0.6) is 0 Å². The fourth-order valence-corrected chi connectivity index (χ4v) is 9.90. The molecule has 0 N–H and O–H groups in total. The quantitative estimate of drug-likeness (QED) is 0.0735. The van der Waals surface area contributed by atoms with Crippen LogP contribution in [0.25, 0.3) is 0 Å². The van der Waals surface area contributed by atoms with Crippen LogP contribution in [0.4, 0.5) is 0 Å². The summed E-state index contributed by atoms with van der Waals surface area (Å²) in [4.78, 5) is 53.3. The van der Waals surface area contributed by atoms with Crippen LogP contribution in [0, 0.1) is 23.2 Å². The number of rotatable bonds is 19. The van der Waals surface area contributed by atoms with Crippen molar-refractivity contribution in [2.24, 2.45) is 46.2 Å². The minimum Gasteiger partial charge on any atom is -0.288 e. The summed E-state index contributed by atoms with van der Waals surface area (Å²) in [6, 6.07) is 44.3. The fourth-order valence-electron chi connectivity index (χ4n) is 9.90. The van der Waals surface area contributed by atoms with E-state index < -0.39 is 0 Å². The molecule has 0 unspecified atom stereocenters. The van der Waals surface area contributed by atoms with E-state index in [-0.39, 0.29) is 43.9 Å². The molecular formula is C81H116N12. The second kappa shape index (κ2) is 37.7. The van der Waals surface area contributed by atoms with Crippen molar-refractivity contribution in [2.75, 3.05) is 0 Å². The van der Waals surface area contributed by atoms with Crippen LogP contribution < -0.4 is 0 Å². The third-order valence-corrected chi connectivity index (χ3v) is 17.0. The van der Waals surface area contributed by atoms with Crippen molar-refractivity contribution in [3.05, 3.63) is 216 Å². The molecule has 0 bridgehead atoms. The molecule has 7 aromatic rings. The second-order valence-electron chi connectivity index (χ2n) is 29.0. The normalized spacial score (nSPS) is 13.6. The van der Waals surface area contributed by atoms with E-state index in [0.717, 1.165) is 77.7 Å². The average Bonchev–Trinajstić information content (AvgIpc) is 1.20. The number of aliphatic imine (C=N–C) groups is 6. The van der Waals surface area contributed by atoms with Gasteiger partial charge in [-0.3, -0.25) is 59.9 Å². The summed E-state index contributed by atoms with van der Waals surface area (Å²) in [6.45, 7) is 50.1. The van der Waals surface area contributed by atoms with Gasteiger partial charge in [-0.25, -0.2) is 0 Å². The van der Waals surface area contributed by atoms with Gasteiger partial charge in [-0.1, -0.05) is 135 Å². The highest BCUT2D eigenvalue weighted by molar-refractivity contribution is 5.97. The summed E-state index contributed by atoms with van der Waals surface area (Å²) in [5.74, 6) is 0. The Kier molecular flexibility index (Phi) is 32.2. The first-order chi connectivity index (χ1) is 43.6. The molecule has 0 radical (unpaired) electrons. The van der Waals surface area contributed by atoms with Gasteiger partial charge in [-0.05, 0) is 230 Å². The minimum atomic E-state index is -0.231. The maximum absolute atomic E-state index is 4.82. The van der Waals surface area contributed by atoms with Crippen molar-refractivity contribution in [1.29, 1.82) is 0 Å². The van der Waals surface area contributed by atoms with E-state index >= 15 is 0 Å². The molecule has 1 aliphatic rings. The number of aryl methyl sites for hydroxylation is 1. The Labute approximate surface area is 563 Å². The molecule has 1 aliphatic carbocycles. The summed E-state index contributed by atoms with van der Waals surface area (Å²) in [7, 11) is 0.